The van der Waals surface area contributed by atoms with Gasteiger partial charge in [0.25, 0.3) is 11.1 Å². The van der Waals surface area contributed by atoms with Crippen LogP contribution in [-0.4, -0.2) is 36.8 Å². The quantitative estimate of drug-likeness (QED) is 0.166. The Morgan fingerprint density at radius 3 is 1.84 bits per heavy atom. The fourth-order valence-corrected chi connectivity index (χ4v) is 6.34. The first-order valence-corrected chi connectivity index (χ1v) is 15.0. The maximum absolute atomic E-state index is 12.8. The Balaban J connectivity index is 0.000000179. The van der Waals surface area contributed by atoms with Crippen molar-refractivity contribution >= 4 is 66.5 Å². The minimum Gasteiger partial charge on any atom is -0.477 e. The molecule has 0 bridgehead atoms. The van der Waals surface area contributed by atoms with Gasteiger partial charge in [-0.1, -0.05) is 41.9 Å². The molecule has 230 valence electrons. The summed E-state index contributed by atoms with van der Waals surface area (Å²) in [5.41, 5.74) is -0.194. The number of nitrogens with zero attached hydrogens (tertiary/aromatic N) is 2. The molecule has 0 saturated carbocycles. The number of Topliss-reactive ketones (excluding diaryl/α,β-unsaturated/α-hetero) is 1. The summed E-state index contributed by atoms with van der Waals surface area (Å²) in [4.78, 5) is 61.5. The second-order valence-corrected chi connectivity index (χ2v) is 12.2. The van der Waals surface area contributed by atoms with Crippen molar-refractivity contribution in [3.8, 4) is 0 Å². The molecule has 9 nitrogen and oxygen atoms in total. The lowest BCUT2D eigenvalue weighted by Crippen LogP contribution is -2.11. The van der Waals surface area contributed by atoms with E-state index < -0.39 is 23.3 Å². The van der Waals surface area contributed by atoms with Crippen LogP contribution in [0.3, 0.4) is 0 Å². The van der Waals surface area contributed by atoms with E-state index >= 15 is 0 Å². The minimum atomic E-state index is -4.43. The van der Waals surface area contributed by atoms with Gasteiger partial charge in [0.05, 0.1) is 21.2 Å². The summed E-state index contributed by atoms with van der Waals surface area (Å²) >= 11 is 8.00. The third kappa shape index (κ3) is 7.53. The number of halogens is 4. The van der Waals surface area contributed by atoms with Gasteiger partial charge in [0.1, 0.15) is 26.2 Å². The van der Waals surface area contributed by atoms with Gasteiger partial charge >= 0.3 is 12.1 Å². The number of carbonyl (C=O) groups excluding carboxylic acids is 1. The fourth-order valence-electron chi connectivity index (χ4n) is 4.29. The van der Waals surface area contributed by atoms with Crippen molar-refractivity contribution in [2.24, 2.45) is 0 Å². The average Bonchev–Trinajstić information content (AvgIpc) is 3.59. The van der Waals surface area contributed by atoms with Gasteiger partial charge in [-0.15, -0.1) is 22.7 Å². The molecule has 0 radical (unpaired) electrons. The monoisotopic (exact) mass is 672 g/mol. The molecule has 45 heavy (non-hydrogen) atoms. The number of rotatable bonds is 6. The van der Waals surface area contributed by atoms with Gasteiger partial charge in [0.15, 0.2) is 5.78 Å². The zero-order valence-corrected chi connectivity index (χ0v) is 25.4. The molecule has 0 amide bonds. The Labute approximate surface area is 264 Å². The molecule has 0 unspecified atom stereocenters. The molecule has 4 heterocycles. The Hall–Kier alpha value is -4.66. The summed E-state index contributed by atoms with van der Waals surface area (Å²) < 4.78 is 38.3. The standard InChI is InChI=1S/C16H11F3N2O2S.C14H9ClN2O3S/c1-8(22)12-7-11-14(23)20-13(21-15(11)24-12)6-9-3-2-4-10(5-9)16(17,18)19;15-8-3-1-2-7(4-8)5-11-16-12(18)9-6-10(14(19)20)21-13(9)17-11/h2-5,7H,6H2,1H3,(H,20,21,23);1-4,6H,5H2,(H,19,20)(H,16,17,18). The zero-order valence-electron chi connectivity index (χ0n) is 23.0. The number of nitrogens with one attached hydrogen (secondary N) is 2. The highest BCUT2D eigenvalue weighted by Gasteiger charge is 2.30. The number of hydrogen-bond donors (Lipinski definition) is 3. The molecule has 2 aromatic carbocycles. The first-order chi connectivity index (χ1) is 21.3. The Kier molecular flexibility index (Phi) is 9.00. The maximum atomic E-state index is 12.8. The molecule has 0 saturated heterocycles. The third-order valence-electron chi connectivity index (χ3n) is 6.35. The highest BCUT2D eigenvalue weighted by molar-refractivity contribution is 7.20. The van der Waals surface area contributed by atoms with E-state index in [4.69, 9.17) is 16.7 Å². The fraction of sp³-hybridized carbons (Fsp3) is 0.133. The van der Waals surface area contributed by atoms with Crippen LogP contribution >= 0.6 is 34.3 Å². The van der Waals surface area contributed by atoms with Crippen LogP contribution in [0.2, 0.25) is 5.02 Å². The van der Waals surface area contributed by atoms with Crippen molar-refractivity contribution in [3.63, 3.8) is 0 Å². The van der Waals surface area contributed by atoms with Gasteiger partial charge in [-0.25, -0.2) is 14.8 Å². The molecule has 0 aliphatic carbocycles. The molecule has 0 spiro atoms. The van der Waals surface area contributed by atoms with Crippen LogP contribution in [-0.2, 0) is 19.0 Å². The van der Waals surface area contributed by atoms with Crippen LogP contribution in [0.5, 0.6) is 0 Å². The largest absolute Gasteiger partial charge is 0.477 e. The number of hydrogen-bond acceptors (Lipinski definition) is 8. The number of alkyl halides is 3. The zero-order chi connectivity index (χ0) is 32.5. The van der Waals surface area contributed by atoms with Crippen LogP contribution in [0, 0.1) is 0 Å². The molecule has 0 aliphatic rings. The van der Waals surface area contributed by atoms with Gasteiger partial charge in [-0.05, 0) is 48.4 Å². The number of fused-ring (bicyclic) bond motifs is 2. The molecule has 15 heteroatoms. The lowest BCUT2D eigenvalue weighted by Gasteiger charge is -2.08. The number of aromatic carboxylic acids is 1. The Morgan fingerprint density at radius 1 is 0.822 bits per heavy atom. The van der Waals surface area contributed by atoms with Crippen molar-refractivity contribution in [3.05, 3.63) is 124 Å². The predicted molar refractivity (Wildman–Crippen MR) is 166 cm³/mol. The number of ketones is 1. The van der Waals surface area contributed by atoms with E-state index in [1.54, 1.807) is 12.1 Å². The average molecular weight is 673 g/mol. The Bertz CT molecular complexity index is 2200. The van der Waals surface area contributed by atoms with Crippen molar-refractivity contribution in [1.29, 1.82) is 0 Å². The normalized spacial score (nSPS) is 11.4. The van der Waals surface area contributed by atoms with Crippen molar-refractivity contribution < 1.29 is 27.9 Å². The van der Waals surface area contributed by atoms with Gasteiger partial charge in [0, 0.05) is 17.9 Å². The highest BCUT2D eigenvalue weighted by atomic mass is 35.5. The lowest BCUT2D eigenvalue weighted by atomic mass is 10.1. The van der Waals surface area contributed by atoms with Gasteiger partial charge in [0.2, 0.25) is 0 Å². The lowest BCUT2D eigenvalue weighted by molar-refractivity contribution is -0.137. The molecule has 0 atom stereocenters. The summed E-state index contributed by atoms with van der Waals surface area (Å²) in [7, 11) is 0. The molecule has 4 aromatic heterocycles. The molecular formula is C30H20ClF3N4O5S2. The van der Waals surface area contributed by atoms with Crippen molar-refractivity contribution in [2.45, 2.75) is 25.9 Å². The summed E-state index contributed by atoms with van der Waals surface area (Å²) in [6.45, 7) is 1.39. The van der Waals surface area contributed by atoms with Crippen LogP contribution in [0.15, 0.2) is 70.3 Å². The number of carboxylic acid groups (broad SMARTS) is 1. The summed E-state index contributed by atoms with van der Waals surface area (Å²) in [5.74, 6) is -0.497. The van der Waals surface area contributed by atoms with E-state index in [0.717, 1.165) is 40.4 Å². The number of aromatic nitrogens is 4. The predicted octanol–water partition coefficient (Wildman–Crippen LogP) is 6.72. The topological polar surface area (TPSA) is 146 Å². The maximum Gasteiger partial charge on any atom is 0.416 e. The van der Waals surface area contributed by atoms with Crippen LogP contribution in [0.4, 0.5) is 13.2 Å². The number of H-pyrrole nitrogens is 2. The van der Waals surface area contributed by atoms with E-state index in [0.29, 0.717) is 48.1 Å². The van der Waals surface area contributed by atoms with Crippen LogP contribution in [0.1, 0.15) is 54.6 Å². The molecule has 0 aliphatic heterocycles. The molecule has 6 aromatic rings. The molecule has 3 N–H and O–H groups in total. The number of aromatic amines is 2. The van der Waals surface area contributed by atoms with Gasteiger partial charge in [-0.2, -0.15) is 13.2 Å². The number of carbonyl (C=O) groups is 2. The second-order valence-electron chi connectivity index (χ2n) is 9.73. The van der Waals surface area contributed by atoms with E-state index in [9.17, 15) is 32.3 Å². The van der Waals surface area contributed by atoms with Crippen molar-refractivity contribution in [2.75, 3.05) is 0 Å². The SMILES string of the molecule is CC(=O)c1cc2c(=O)[nH]c(Cc3cccc(C(F)(F)F)c3)nc2s1.O=C(O)c1cc2c(=O)[nH]c(Cc3cccc(Cl)c3)nc2s1. The molecule has 6 rings (SSSR count). The van der Waals surface area contributed by atoms with Gasteiger partial charge in [-0.3, -0.25) is 14.4 Å². The van der Waals surface area contributed by atoms with E-state index in [1.165, 1.54) is 31.2 Å². The van der Waals surface area contributed by atoms with Crippen LogP contribution in [0.25, 0.3) is 20.4 Å². The van der Waals surface area contributed by atoms with Gasteiger partial charge < -0.3 is 15.1 Å². The van der Waals surface area contributed by atoms with E-state index in [2.05, 4.69) is 19.9 Å². The smallest absolute Gasteiger partial charge is 0.416 e. The van der Waals surface area contributed by atoms with Crippen molar-refractivity contribution in [1.82, 2.24) is 19.9 Å². The highest BCUT2D eigenvalue weighted by Crippen LogP contribution is 2.30. The van der Waals surface area contributed by atoms with Crippen LogP contribution < -0.4 is 11.1 Å². The minimum absolute atomic E-state index is 0.0579. The Morgan fingerprint density at radius 2 is 1.33 bits per heavy atom. The first kappa shape index (κ1) is 31.8. The third-order valence-corrected chi connectivity index (χ3v) is 8.73. The van der Waals surface area contributed by atoms with E-state index in [1.807, 2.05) is 12.1 Å². The summed E-state index contributed by atoms with van der Waals surface area (Å²) in [6.07, 6.45) is -3.95. The number of carboxylic acids is 1. The second kappa shape index (κ2) is 12.8. The van der Waals surface area contributed by atoms with E-state index in [-0.39, 0.29) is 28.5 Å². The molecular weight excluding hydrogens is 653 g/mol. The molecule has 0 fully saturated rings. The number of thiophene rings is 2. The summed E-state index contributed by atoms with van der Waals surface area (Å²) in [6, 6.07) is 14.9. The number of benzene rings is 2. The summed E-state index contributed by atoms with van der Waals surface area (Å²) in [5, 5.41) is 10.2. The first-order valence-electron chi connectivity index (χ1n) is 13.0.